The minimum Gasteiger partial charge on any atom is -0.395 e. The van der Waals surface area contributed by atoms with E-state index >= 15 is 0 Å². The molecule has 2 aliphatic rings. The first-order chi connectivity index (χ1) is 7.81. The van der Waals surface area contributed by atoms with Crippen LogP contribution in [0.25, 0.3) is 0 Å². The van der Waals surface area contributed by atoms with Gasteiger partial charge in [-0.05, 0) is 57.5 Å². The first-order valence-corrected chi connectivity index (χ1v) is 6.82. The Morgan fingerprint density at radius 1 is 1.19 bits per heavy atom. The van der Waals surface area contributed by atoms with Crippen LogP contribution >= 0.6 is 0 Å². The molecule has 2 saturated carbocycles. The normalized spacial score (nSPS) is 22.7. The molecule has 0 amide bonds. The summed E-state index contributed by atoms with van der Waals surface area (Å²) in [6, 6.07) is 0.279. The van der Waals surface area contributed by atoms with Crippen LogP contribution in [0.3, 0.4) is 0 Å². The van der Waals surface area contributed by atoms with Gasteiger partial charge in [0, 0.05) is 19.1 Å². The first kappa shape index (κ1) is 12.3. The van der Waals surface area contributed by atoms with Gasteiger partial charge >= 0.3 is 0 Å². The monoisotopic (exact) mass is 226 g/mol. The lowest BCUT2D eigenvalue weighted by Gasteiger charge is -2.24. The summed E-state index contributed by atoms with van der Waals surface area (Å²) in [5.41, 5.74) is 0. The molecule has 2 fully saturated rings. The lowest BCUT2D eigenvalue weighted by Crippen LogP contribution is -2.36. The van der Waals surface area contributed by atoms with Gasteiger partial charge in [0.15, 0.2) is 0 Å². The lowest BCUT2D eigenvalue weighted by atomic mass is 10.2. The maximum Gasteiger partial charge on any atom is 0.0585 e. The van der Waals surface area contributed by atoms with Crippen LogP contribution < -0.4 is 5.32 Å². The molecule has 2 rings (SSSR count). The van der Waals surface area contributed by atoms with Crippen molar-refractivity contribution in [3.05, 3.63) is 0 Å². The highest BCUT2D eigenvalue weighted by molar-refractivity contribution is 4.82. The van der Waals surface area contributed by atoms with Crippen LogP contribution in [-0.4, -0.2) is 49.3 Å². The number of rotatable bonds is 9. The van der Waals surface area contributed by atoms with Gasteiger partial charge in [-0.3, -0.25) is 0 Å². The van der Waals surface area contributed by atoms with E-state index in [0.29, 0.717) is 0 Å². The van der Waals surface area contributed by atoms with Gasteiger partial charge in [0.1, 0.15) is 0 Å². The number of nitrogens with one attached hydrogen (secondary N) is 1. The molecule has 0 aromatic heterocycles. The van der Waals surface area contributed by atoms with E-state index in [0.717, 1.165) is 24.8 Å². The third-order valence-electron chi connectivity index (χ3n) is 3.85. The molecule has 0 aliphatic heterocycles. The van der Waals surface area contributed by atoms with Gasteiger partial charge in [-0.25, -0.2) is 0 Å². The Balaban J connectivity index is 1.66. The Hall–Kier alpha value is -0.120. The van der Waals surface area contributed by atoms with E-state index in [9.17, 15) is 0 Å². The molecule has 3 nitrogen and oxygen atoms in total. The molecule has 0 spiro atoms. The van der Waals surface area contributed by atoms with Gasteiger partial charge in [0.2, 0.25) is 0 Å². The standard InChI is InChI=1S/C13H26N2O/c1-14-13(10-16)6-7-15(8-11-2-3-11)9-12-4-5-12/h11-14,16H,2-10H2,1H3. The Morgan fingerprint density at radius 2 is 1.75 bits per heavy atom. The maximum atomic E-state index is 9.15. The van der Waals surface area contributed by atoms with E-state index < -0.39 is 0 Å². The molecule has 2 N–H and O–H groups in total. The van der Waals surface area contributed by atoms with E-state index in [2.05, 4.69) is 10.2 Å². The predicted octanol–water partition coefficient (Wildman–Crippen LogP) is 1.08. The number of aliphatic hydroxyl groups is 1. The summed E-state index contributed by atoms with van der Waals surface area (Å²) in [5, 5.41) is 12.3. The van der Waals surface area contributed by atoms with Crippen LogP contribution in [0.1, 0.15) is 32.1 Å². The quantitative estimate of drug-likeness (QED) is 0.617. The average molecular weight is 226 g/mol. The van der Waals surface area contributed by atoms with Crippen LogP contribution in [0, 0.1) is 11.8 Å². The van der Waals surface area contributed by atoms with Crippen molar-refractivity contribution in [1.29, 1.82) is 0 Å². The third-order valence-corrected chi connectivity index (χ3v) is 3.85. The van der Waals surface area contributed by atoms with Gasteiger partial charge in [-0.1, -0.05) is 0 Å². The van der Waals surface area contributed by atoms with Crippen molar-refractivity contribution in [1.82, 2.24) is 10.2 Å². The Kier molecular flexibility index (Phi) is 4.62. The Labute approximate surface area is 99.2 Å². The summed E-state index contributed by atoms with van der Waals surface area (Å²) in [4.78, 5) is 2.63. The van der Waals surface area contributed by atoms with Crippen LogP contribution in [0.2, 0.25) is 0 Å². The van der Waals surface area contributed by atoms with Gasteiger partial charge < -0.3 is 15.3 Å². The number of likely N-dealkylation sites (N-methyl/N-ethyl adjacent to an activating group) is 1. The van der Waals surface area contributed by atoms with Crippen molar-refractivity contribution in [3.8, 4) is 0 Å². The molecular weight excluding hydrogens is 200 g/mol. The van der Waals surface area contributed by atoms with Crippen molar-refractivity contribution in [2.45, 2.75) is 38.1 Å². The first-order valence-electron chi connectivity index (χ1n) is 6.82. The summed E-state index contributed by atoms with van der Waals surface area (Å²) in [6.45, 7) is 4.02. The molecule has 0 bridgehead atoms. The minimum absolute atomic E-state index is 0.261. The van der Waals surface area contributed by atoms with Crippen molar-refractivity contribution in [3.63, 3.8) is 0 Å². The van der Waals surface area contributed by atoms with Crippen LogP contribution in [-0.2, 0) is 0 Å². The van der Waals surface area contributed by atoms with Gasteiger partial charge in [-0.2, -0.15) is 0 Å². The van der Waals surface area contributed by atoms with Crippen molar-refractivity contribution in [2.24, 2.45) is 11.8 Å². The molecule has 16 heavy (non-hydrogen) atoms. The fourth-order valence-electron chi connectivity index (χ4n) is 2.25. The highest BCUT2D eigenvalue weighted by atomic mass is 16.3. The fraction of sp³-hybridized carbons (Fsp3) is 1.00. The van der Waals surface area contributed by atoms with Crippen molar-refractivity contribution >= 4 is 0 Å². The molecule has 1 atom stereocenters. The van der Waals surface area contributed by atoms with E-state index in [-0.39, 0.29) is 12.6 Å². The molecular formula is C13H26N2O. The van der Waals surface area contributed by atoms with Crippen molar-refractivity contribution < 1.29 is 5.11 Å². The van der Waals surface area contributed by atoms with E-state index in [4.69, 9.17) is 5.11 Å². The highest BCUT2D eigenvalue weighted by Gasteiger charge is 2.29. The number of hydrogen-bond acceptors (Lipinski definition) is 3. The summed E-state index contributed by atoms with van der Waals surface area (Å²) in [6.07, 6.45) is 6.84. The van der Waals surface area contributed by atoms with Crippen molar-refractivity contribution in [2.75, 3.05) is 33.3 Å². The molecule has 94 valence electrons. The number of hydrogen-bond donors (Lipinski definition) is 2. The van der Waals surface area contributed by atoms with Crippen LogP contribution in [0.4, 0.5) is 0 Å². The fourth-order valence-corrected chi connectivity index (χ4v) is 2.25. The zero-order chi connectivity index (χ0) is 11.4. The SMILES string of the molecule is CNC(CO)CCN(CC1CC1)CC1CC1. The summed E-state index contributed by atoms with van der Waals surface area (Å²) in [5.74, 6) is 1.97. The zero-order valence-corrected chi connectivity index (χ0v) is 10.5. The van der Waals surface area contributed by atoms with E-state index in [1.54, 1.807) is 0 Å². The molecule has 0 heterocycles. The molecule has 0 saturated heterocycles. The van der Waals surface area contributed by atoms with Crippen LogP contribution in [0.15, 0.2) is 0 Å². The topological polar surface area (TPSA) is 35.5 Å². The van der Waals surface area contributed by atoms with Gasteiger partial charge in [0.25, 0.3) is 0 Å². The largest absolute Gasteiger partial charge is 0.395 e. The third kappa shape index (κ3) is 4.40. The van der Waals surface area contributed by atoms with E-state index in [1.165, 1.54) is 38.8 Å². The molecule has 0 radical (unpaired) electrons. The highest BCUT2D eigenvalue weighted by Crippen LogP contribution is 2.33. The second-order valence-electron chi connectivity index (χ2n) is 5.60. The smallest absolute Gasteiger partial charge is 0.0585 e. The molecule has 0 aromatic rings. The predicted molar refractivity (Wildman–Crippen MR) is 66.4 cm³/mol. The summed E-state index contributed by atoms with van der Waals surface area (Å²) >= 11 is 0. The maximum absolute atomic E-state index is 9.15. The summed E-state index contributed by atoms with van der Waals surface area (Å²) < 4.78 is 0. The number of aliphatic hydroxyl groups excluding tert-OH is 1. The lowest BCUT2D eigenvalue weighted by molar-refractivity contribution is 0.202. The van der Waals surface area contributed by atoms with Crippen LogP contribution in [0.5, 0.6) is 0 Å². The Morgan fingerprint density at radius 3 is 2.12 bits per heavy atom. The minimum atomic E-state index is 0.261. The second-order valence-corrected chi connectivity index (χ2v) is 5.60. The zero-order valence-electron chi connectivity index (χ0n) is 10.5. The molecule has 1 unspecified atom stereocenters. The van der Waals surface area contributed by atoms with Gasteiger partial charge in [-0.15, -0.1) is 0 Å². The van der Waals surface area contributed by atoms with Gasteiger partial charge in [0.05, 0.1) is 6.61 Å². The summed E-state index contributed by atoms with van der Waals surface area (Å²) in [7, 11) is 1.94. The Bertz CT molecular complexity index is 184. The molecule has 0 aromatic carbocycles. The molecule has 3 heteroatoms. The second kappa shape index (κ2) is 5.99. The van der Waals surface area contributed by atoms with E-state index in [1.807, 2.05) is 7.05 Å². The molecule has 2 aliphatic carbocycles. The average Bonchev–Trinajstić information content (AvgIpc) is 3.14. The number of nitrogens with zero attached hydrogens (tertiary/aromatic N) is 1.